The SMILES string of the molecule is Cl.Cl.Cl.Cl.O=C(CN1CCN(CCCN2CCN(CC(=O)c3ccccc3)CC2)CC1)c1ccccc1. The van der Waals surface area contributed by atoms with Gasteiger partial charge in [-0.15, -0.1) is 49.6 Å². The van der Waals surface area contributed by atoms with Crippen LogP contribution in [0.25, 0.3) is 0 Å². The molecule has 0 aromatic heterocycles. The zero-order valence-corrected chi connectivity index (χ0v) is 24.5. The summed E-state index contributed by atoms with van der Waals surface area (Å²) in [5.74, 6) is 0.433. The summed E-state index contributed by atoms with van der Waals surface area (Å²) in [6, 6.07) is 19.2. The number of nitrogens with zero attached hydrogens (tertiary/aromatic N) is 4. The van der Waals surface area contributed by atoms with Gasteiger partial charge in [0.15, 0.2) is 11.6 Å². The minimum Gasteiger partial charge on any atom is -0.301 e. The normalized spacial score (nSPS) is 16.9. The molecule has 2 aliphatic rings. The monoisotopic (exact) mass is 592 g/mol. The van der Waals surface area contributed by atoms with E-state index in [0.717, 1.165) is 76.6 Å². The second-order valence-corrected chi connectivity index (χ2v) is 9.17. The van der Waals surface area contributed by atoms with E-state index in [1.54, 1.807) is 0 Å². The molecular formula is C27H40Cl4N4O2. The predicted molar refractivity (Wildman–Crippen MR) is 161 cm³/mol. The Labute approximate surface area is 246 Å². The van der Waals surface area contributed by atoms with Gasteiger partial charge >= 0.3 is 0 Å². The van der Waals surface area contributed by atoms with Crippen LogP contribution in [-0.4, -0.2) is 110 Å². The minimum atomic E-state index is 0. The van der Waals surface area contributed by atoms with Crippen LogP contribution in [0.3, 0.4) is 0 Å². The summed E-state index contributed by atoms with van der Waals surface area (Å²) >= 11 is 0. The Kier molecular flexibility index (Phi) is 18.3. The third-order valence-electron chi connectivity index (χ3n) is 6.80. The molecule has 37 heavy (non-hydrogen) atoms. The highest BCUT2D eigenvalue weighted by molar-refractivity contribution is 5.98. The Balaban J connectivity index is 0.00000324. The summed E-state index contributed by atoms with van der Waals surface area (Å²) in [6.45, 7) is 11.3. The van der Waals surface area contributed by atoms with Crippen molar-refractivity contribution >= 4 is 61.2 Å². The number of ketones is 2. The van der Waals surface area contributed by atoms with Crippen LogP contribution < -0.4 is 0 Å². The molecule has 2 saturated heterocycles. The summed E-state index contributed by atoms with van der Waals surface area (Å²) in [4.78, 5) is 34.4. The van der Waals surface area contributed by atoms with Gasteiger partial charge in [-0.2, -0.15) is 0 Å². The molecule has 0 bridgehead atoms. The van der Waals surface area contributed by atoms with Crippen LogP contribution in [0.2, 0.25) is 0 Å². The number of hydrogen-bond acceptors (Lipinski definition) is 6. The molecule has 2 aromatic rings. The van der Waals surface area contributed by atoms with Crippen LogP contribution in [-0.2, 0) is 0 Å². The number of benzene rings is 2. The van der Waals surface area contributed by atoms with E-state index >= 15 is 0 Å². The number of piperazine rings is 2. The highest BCUT2D eigenvalue weighted by Gasteiger charge is 2.21. The first-order valence-electron chi connectivity index (χ1n) is 12.2. The summed E-state index contributed by atoms with van der Waals surface area (Å²) in [5.41, 5.74) is 1.62. The first kappa shape index (κ1) is 35.8. The molecule has 10 heteroatoms. The Bertz CT molecular complexity index is 818. The molecule has 2 aliphatic heterocycles. The maximum atomic E-state index is 12.4. The number of carbonyl (C=O) groups is 2. The van der Waals surface area contributed by atoms with Crippen LogP contribution in [0.1, 0.15) is 27.1 Å². The second kappa shape index (κ2) is 18.9. The van der Waals surface area contributed by atoms with Gasteiger partial charge in [-0.25, -0.2) is 0 Å². The van der Waals surface area contributed by atoms with Crippen LogP contribution in [0.5, 0.6) is 0 Å². The van der Waals surface area contributed by atoms with Crippen molar-refractivity contribution in [3.8, 4) is 0 Å². The van der Waals surface area contributed by atoms with E-state index in [4.69, 9.17) is 0 Å². The van der Waals surface area contributed by atoms with Gasteiger partial charge < -0.3 is 9.80 Å². The second-order valence-electron chi connectivity index (χ2n) is 9.17. The maximum Gasteiger partial charge on any atom is 0.176 e. The molecule has 6 nitrogen and oxygen atoms in total. The lowest BCUT2D eigenvalue weighted by molar-refractivity contribution is 0.0816. The number of Topliss-reactive ketones (excluding diaryl/α,β-unsaturated/α-hetero) is 2. The first-order chi connectivity index (χ1) is 16.2. The standard InChI is InChI=1S/C27H36N4O2.4ClH/c32-26(24-8-3-1-4-9-24)22-30-18-14-28(15-19-30)12-7-13-29-16-20-31(21-17-29)23-27(33)25-10-5-2-6-11-25;;;;/h1-6,8-11H,7,12-23H2;4*1H. The number of halogens is 4. The molecule has 0 atom stereocenters. The van der Waals surface area contributed by atoms with Crippen LogP contribution in [0.4, 0.5) is 0 Å². The van der Waals surface area contributed by atoms with E-state index in [-0.39, 0.29) is 61.2 Å². The minimum absolute atomic E-state index is 0. The van der Waals surface area contributed by atoms with Gasteiger partial charge in [0.1, 0.15) is 0 Å². The fourth-order valence-corrected chi connectivity index (χ4v) is 4.70. The molecule has 0 amide bonds. The van der Waals surface area contributed by atoms with Crippen molar-refractivity contribution in [2.45, 2.75) is 6.42 Å². The Morgan fingerprint density at radius 1 is 0.486 bits per heavy atom. The average Bonchev–Trinajstić information content (AvgIpc) is 2.87. The van der Waals surface area contributed by atoms with Crippen LogP contribution >= 0.6 is 49.6 Å². The lowest BCUT2D eigenvalue weighted by atomic mass is 10.1. The molecule has 4 rings (SSSR count). The molecule has 2 fully saturated rings. The smallest absolute Gasteiger partial charge is 0.176 e. The number of rotatable bonds is 10. The van der Waals surface area contributed by atoms with E-state index in [1.165, 1.54) is 6.42 Å². The zero-order valence-electron chi connectivity index (χ0n) is 21.2. The van der Waals surface area contributed by atoms with Gasteiger partial charge in [-0.1, -0.05) is 60.7 Å². The Hall–Kier alpha value is -1.22. The third kappa shape index (κ3) is 11.6. The zero-order chi connectivity index (χ0) is 22.9. The van der Waals surface area contributed by atoms with E-state index in [0.29, 0.717) is 13.1 Å². The maximum absolute atomic E-state index is 12.4. The van der Waals surface area contributed by atoms with Gasteiger partial charge in [-0.05, 0) is 19.5 Å². The first-order valence-corrected chi connectivity index (χ1v) is 12.2. The largest absolute Gasteiger partial charge is 0.301 e. The van der Waals surface area contributed by atoms with Gasteiger partial charge in [-0.3, -0.25) is 19.4 Å². The highest BCUT2D eigenvalue weighted by Crippen LogP contribution is 2.09. The van der Waals surface area contributed by atoms with Crippen LogP contribution in [0.15, 0.2) is 60.7 Å². The molecule has 208 valence electrons. The Morgan fingerprint density at radius 2 is 0.784 bits per heavy atom. The van der Waals surface area contributed by atoms with E-state index in [2.05, 4.69) is 19.6 Å². The fourth-order valence-electron chi connectivity index (χ4n) is 4.70. The van der Waals surface area contributed by atoms with E-state index < -0.39 is 0 Å². The predicted octanol–water partition coefficient (Wildman–Crippen LogP) is 4.06. The lowest BCUT2D eigenvalue weighted by Gasteiger charge is -2.36. The molecular weight excluding hydrogens is 554 g/mol. The molecule has 0 saturated carbocycles. The quantitative estimate of drug-likeness (QED) is 0.387. The summed E-state index contributed by atoms with van der Waals surface area (Å²) in [6.07, 6.45) is 1.17. The van der Waals surface area contributed by atoms with Crippen molar-refractivity contribution in [3.05, 3.63) is 71.8 Å². The molecule has 2 aromatic carbocycles. The third-order valence-corrected chi connectivity index (χ3v) is 6.80. The topological polar surface area (TPSA) is 47.1 Å². The molecule has 0 radical (unpaired) electrons. The number of carbonyl (C=O) groups excluding carboxylic acids is 2. The average molecular weight is 594 g/mol. The van der Waals surface area contributed by atoms with Crippen molar-refractivity contribution in [3.63, 3.8) is 0 Å². The van der Waals surface area contributed by atoms with Crippen LogP contribution in [0, 0.1) is 0 Å². The summed E-state index contributed by atoms with van der Waals surface area (Å²) in [7, 11) is 0. The summed E-state index contributed by atoms with van der Waals surface area (Å²) < 4.78 is 0. The van der Waals surface area contributed by atoms with E-state index in [9.17, 15) is 9.59 Å². The van der Waals surface area contributed by atoms with Gasteiger partial charge in [0.2, 0.25) is 0 Å². The molecule has 0 unspecified atom stereocenters. The van der Waals surface area contributed by atoms with Crippen molar-refractivity contribution in [2.75, 3.05) is 78.5 Å². The van der Waals surface area contributed by atoms with Crippen molar-refractivity contribution < 1.29 is 9.59 Å². The molecule has 2 heterocycles. The van der Waals surface area contributed by atoms with Gasteiger partial charge in [0.25, 0.3) is 0 Å². The molecule has 0 spiro atoms. The van der Waals surface area contributed by atoms with Crippen molar-refractivity contribution in [1.29, 1.82) is 0 Å². The highest BCUT2D eigenvalue weighted by atomic mass is 35.5. The van der Waals surface area contributed by atoms with Gasteiger partial charge in [0, 0.05) is 63.5 Å². The molecule has 0 aliphatic carbocycles. The van der Waals surface area contributed by atoms with E-state index in [1.807, 2.05) is 60.7 Å². The number of hydrogen-bond donors (Lipinski definition) is 0. The van der Waals surface area contributed by atoms with Gasteiger partial charge in [0.05, 0.1) is 13.1 Å². The fraction of sp³-hybridized carbons (Fsp3) is 0.481. The molecule has 0 N–H and O–H groups in total. The Morgan fingerprint density at radius 3 is 1.11 bits per heavy atom. The lowest BCUT2D eigenvalue weighted by Crippen LogP contribution is -2.49. The summed E-state index contributed by atoms with van der Waals surface area (Å²) in [5, 5.41) is 0. The van der Waals surface area contributed by atoms with Crippen molar-refractivity contribution in [1.82, 2.24) is 19.6 Å². The van der Waals surface area contributed by atoms with Crippen molar-refractivity contribution in [2.24, 2.45) is 0 Å².